The van der Waals surface area contributed by atoms with Gasteiger partial charge in [-0.1, -0.05) is 6.08 Å². The molecule has 1 saturated heterocycles. The average molecular weight is 115 g/mol. The summed E-state index contributed by atoms with van der Waals surface area (Å²) in [5.41, 5.74) is 5.46. The first-order chi connectivity index (χ1) is 3.33. The Morgan fingerprint density at radius 2 is 2.43 bits per heavy atom. The van der Waals surface area contributed by atoms with Gasteiger partial charge < -0.3 is 5.73 Å². The topological polar surface area (TPSA) is 26.0 Å². The van der Waals surface area contributed by atoms with E-state index in [1.807, 2.05) is 6.08 Å². The first-order valence-electron chi connectivity index (χ1n) is 2.36. The van der Waals surface area contributed by atoms with Gasteiger partial charge in [0, 0.05) is 5.25 Å². The molecule has 0 aromatic rings. The lowest BCUT2D eigenvalue weighted by Gasteiger charge is -2.28. The van der Waals surface area contributed by atoms with Crippen molar-refractivity contribution in [1.82, 2.24) is 0 Å². The highest BCUT2D eigenvalue weighted by molar-refractivity contribution is 8.02. The molecule has 0 aromatic heterocycles. The molecule has 1 aliphatic rings. The first kappa shape index (κ1) is 5.19. The van der Waals surface area contributed by atoms with E-state index < -0.39 is 0 Å². The third kappa shape index (κ3) is 0.983. The van der Waals surface area contributed by atoms with Crippen LogP contribution in [0.3, 0.4) is 0 Å². The zero-order chi connectivity index (χ0) is 5.28. The van der Waals surface area contributed by atoms with Crippen LogP contribution in [0.15, 0.2) is 12.7 Å². The second-order valence-corrected chi connectivity index (χ2v) is 3.17. The van der Waals surface area contributed by atoms with Crippen molar-refractivity contribution in [3.8, 4) is 0 Å². The molecule has 2 unspecified atom stereocenters. The molecule has 0 saturated carbocycles. The van der Waals surface area contributed by atoms with Crippen LogP contribution in [-0.2, 0) is 0 Å². The Balaban J connectivity index is 2.17. The molecule has 0 radical (unpaired) electrons. The molecule has 40 valence electrons. The molecule has 1 aliphatic heterocycles. The minimum absolute atomic E-state index is 0.392. The van der Waals surface area contributed by atoms with Gasteiger partial charge in [-0.2, -0.15) is 0 Å². The van der Waals surface area contributed by atoms with E-state index in [1.54, 1.807) is 11.8 Å². The lowest BCUT2D eigenvalue weighted by Crippen LogP contribution is -2.32. The average Bonchev–Trinajstić information content (AvgIpc) is 1.58. The van der Waals surface area contributed by atoms with Crippen LogP contribution < -0.4 is 5.73 Å². The van der Waals surface area contributed by atoms with Crippen LogP contribution in [-0.4, -0.2) is 10.6 Å². The molecule has 2 atom stereocenters. The van der Waals surface area contributed by atoms with Gasteiger partial charge in [-0.3, -0.25) is 0 Å². The second kappa shape index (κ2) is 1.88. The Morgan fingerprint density at radius 3 is 2.57 bits per heavy atom. The van der Waals surface area contributed by atoms with E-state index in [0.29, 0.717) is 10.6 Å². The van der Waals surface area contributed by atoms with E-state index in [0.717, 1.165) is 6.42 Å². The van der Waals surface area contributed by atoms with E-state index >= 15 is 0 Å². The summed E-state index contributed by atoms with van der Waals surface area (Å²) in [5.74, 6) is 0. The Bertz CT molecular complexity index is 76.1. The number of hydrogen-bond acceptors (Lipinski definition) is 2. The van der Waals surface area contributed by atoms with Gasteiger partial charge in [-0.05, 0) is 6.42 Å². The van der Waals surface area contributed by atoms with Gasteiger partial charge in [0.15, 0.2) is 0 Å². The molecule has 1 heterocycles. The van der Waals surface area contributed by atoms with Gasteiger partial charge in [-0.15, -0.1) is 18.3 Å². The zero-order valence-corrected chi connectivity index (χ0v) is 4.95. The van der Waals surface area contributed by atoms with Crippen LogP contribution in [0.4, 0.5) is 0 Å². The Labute approximate surface area is 48.0 Å². The minimum Gasteiger partial charge on any atom is -0.319 e. The number of thioether (sulfide) groups is 1. The summed E-state index contributed by atoms with van der Waals surface area (Å²) >= 11 is 1.79. The summed E-state index contributed by atoms with van der Waals surface area (Å²) in [6, 6.07) is 0. The van der Waals surface area contributed by atoms with Gasteiger partial charge >= 0.3 is 0 Å². The summed E-state index contributed by atoms with van der Waals surface area (Å²) in [4.78, 5) is 0. The molecule has 0 spiro atoms. The standard InChI is InChI=1S/C5H9NS/c1-2-4-3-5(6)7-4/h2,4-5H,1,3,6H2. The maximum absolute atomic E-state index is 5.46. The number of rotatable bonds is 1. The molecule has 0 aromatic carbocycles. The number of nitrogens with two attached hydrogens (primary N) is 1. The van der Waals surface area contributed by atoms with Crippen molar-refractivity contribution in [2.45, 2.75) is 17.0 Å². The fraction of sp³-hybridized carbons (Fsp3) is 0.600. The second-order valence-electron chi connectivity index (χ2n) is 1.68. The Kier molecular flexibility index (Phi) is 1.40. The van der Waals surface area contributed by atoms with Gasteiger partial charge in [0.2, 0.25) is 0 Å². The number of hydrogen-bond donors (Lipinski definition) is 1. The first-order valence-corrected chi connectivity index (χ1v) is 3.31. The zero-order valence-electron chi connectivity index (χ0n) is 4.13. The van der Waals surface area contributed by atoms with E-state index in [9.17, 15) is 0 Å². The van der Waals surface area contributed by atoms with Crippen molar-refractivity contribution >= 4 is 11.8 Å². The highest BCUT2D eigenvalue weighted by Gasteiger charge is 2.22. The maximum atomic E-state index is 5.46. The Morgan fingerprint density at radius 1 is 1.86 bits per heavy atom. The molecular weight excluding hydrogens is 106 g/mol. The monoisotopic (exact) mass is 115 g/mol. The van der Waals surface area contributed by atoms with E-state index in [-0.39, 0.29) is 0 Å². The van der Waals surface area contributed by atoms with Crippen LogP contribution in [0.5, 0.6) is 0 Å². The molecular formula is C5H9NS. The van der Waals surface area contributed by atoms with Crippen molar-refractivity contribution in [2.24, 2.45) is 5.73 Å². The van der Waals surface area contributed by atoms with E-state index in [1.165, 1.54) is 0 Å². The summed E-state index contributed by atoms with van der Waals surface area (Å²) < 4.78 is 0. The van der Waals surface area contributed by atoms with Gasteiger partial charge in [0.25, 0.3) is 0 Å². The molecule has 1 rings (SSSR count). The third-order valence-corrected chi connectivity index (χ3v) is 2.35. The van der Waals surface area contributed by atoms with Gasteiger partial charge in [0.1, 0.15) is 0 Å². The van der Waals surface area contributed by atoms with E-state index in [2.05, 4.69) is 6.58 Å². The molecule has 2 N–H and O–H groups in total. The van der Waals surface area contributed by atoms with Crippen LogP contribution in [0, 0.1) is 0 Å². The van der Waals surface area contributed by atoms with Crippen molar-refractivity contribution in [3.63, 3.8) is 0 Å². The quantitative estimate of drug-likeness (QED) is 0.515. The summed E-state index contributed by atoms with van der Waals surface area (Å²) in [6.07, 6.45) is 3.07. The molecule has 1 nitrogen and oxygen atoms in total. The van der Waals surface area contributed by atoms with Crippen molar-refractivity contribution in [1.29, 1.82) is 0 Å². The van der Waals surface area contributed by atoms with Crippen molar-refractivity contribution in [2.75, 3.05) is 0 Å². The summed E-state index contributed by atoms with van der Waals surface area (Å²) in [6.45, 7) is 3.64. The maximum Gasteiger partial charge on any atom is 0.0526 e. The van der Waals surface area contributed by atoms with Gasteiger partial charge in [-0.25, -0.2) is 0 Å². The lowest BCUT2D eigenvalue weighted by atomic mass is 10.3. The summed E-state index contributed by atoms with van der Waals surface area (Å²) in [5, 5.41) is 1.04. The normalized spacial score (nSPS) is 39.6. The molecule has 7 heavy (non-hydrogen) atoms. The van der Waals surface area contributed by atoms with Crippen LogP contribution in [0.1, 0.15) is 6.42 Å². The fourth-order valence-electron chi connectivity index (χ4n) is 0.594. The minimum atomic E-state index is 0.392. The highest BCUT2D eigenvalue weighted by Crippen LogP contribution is 2.32. The SMILES string of the molecule is C=CC1CC(N)S1. The van der Waals surface area contributed by atoms with Crippen molar-refractivity contribution in [3.05, 3.63) is 12.7 Å². The molecule has 2 heteroatoms. The molecule has 0 amide bonds. The fourth-order valence-corrected chi connectivity index (χ4v) is 1.43. The lowest BCUT2D eigenvalue weighted by molar-refractivity contribution is 0.756. The molecule has 0 bridgehead atoms. The predicted octanol–water partition coefficient (Wildman–Crippen LogP) is 0.963. The smallest absolute Gasteiger partial charge is 0.0526 e. The molecule has 1 fully saturated rings. The van der Waals surface area contributed by atoms with Crippen LogP contribution in [0.25, 0.3) is 0 Å². The van der Waals surface area contributed by atoms with Gasteiger partial charge in [0.05, 0.1) is 5.37 Å². The molecule has 0 aliphatic carbocycles. The third-order valence-electron chi connectivity index (χ3n) is 1.08. The highest BCUT2D eigenvalue weighted by atomic mass is 32.2. The summed E-state index contributed by atoms with van der Waals surface area (Å²) in [7, 11) is 0. The van der Waals surface area contributed by atoms with Crippen LogP contribution in [0.2, 0.25) is 0 Å². The Hall–Kier alpha value is 0.0500. The van der Waals surface area contributed by atoms with E-state index in [4.69, 9.17) is 5.73 Å². The largest absolute Gasteiger partial charge is 0.319 e. The van der Waals surface area contributed by atoms with Crippen LogP contribution >= 0.6 is 11.8 Å². The van der Waals surface area contributed by atoms with Crippen molar-refractivity contribution < 1.29 is 0 Å². The predicted molar refractivity (Wildman–Crippen MR) is 34.2 cm³/mol.